The zero-order valence-electron chi connectivity index (χ0n) is 14.8. The summed E-state index contributed by atoms with van der Waals surface area (Å²) in [5.41, 5.74) is 2.09. The van der Waals surface area contributed by atoms with Gasteiger partial charge in [0, 0.05) is 32.1 Å². The van der Waals surface area contributed by atoms with Gasteiger partial charge in [0.2, 0.25) is 0 Å². The molecule has 24 heavy (non-hydrogen) atoms. The molecular formula is C18H27N3O3. The molecule has 0 aromatic carbocycles. The summed E-state index contributed by atoms with van der Waals surface area (Å²) in [6, 6.07) is 0. The largest absolute Gasteiger partial charge is 0.389 e. The van der Waals surface area contributed by atoms with E-state index in [1.165, 1.54) is 0 Å². The van der Waals surface area contributed by atoms with Gasteiger partial charge in [-0.25, -0.2) is 0 Å². The normalized spacial score (nSPS) is 29.4. The molecule has 6 heteroatoms. The number of hydrogen-bond acceptors (Lipinski definition) is 4. The molecule has 132 valence electrons. The standard InChI is InChI=1S/C18H27N3O3/c1-11-10-14-15(19-20(3)16(14)12(2)24-11)17(22)21-8-6-18(23,7-9-21)13-4-5-13/h11-13,23H,4-10H2,1-3H3/t11-,12+/m1/s1. The highest BCUT2D eigenvalue weighted by molar-refractivity contribution is 5.94. The Bertz CT molecular complexity index is 657. The van der Waals surface area contributed by atoms with Crippen LogP contribution in [0, 0.1) is 5.92 Å². The minimum absolute atomic E-state index is 0.00555. The number of fused-ring (bicyclic) bond motifs is 1. The van der Waals surface area contributed by atoms with Gasteiger partial charge in [0.05, 0.1) is 23.5 Å². The van der Waals surface area contributed by atoms with Crippen molar-refractivity contribution in [2.75, 3.05) is 13.1 Å². The monoisotopic (exact) mass is 333 g/mol. The van der Waals surface area contributed by atoms with E-state index in [0.717, 1.165) is 30.5 Å². The lowest BCUT2D eigenvalue weighted by Gasteiger charge is -2.38. The van der Waals surface area contributed by atoms with E-state index in [2.05, 4.69) is 5.10 Å². The van der Waals surface area contributed by atoms with Crippen molar-refractivity contribution >= 4 is 5.91 Å². The van der Waals surface area contributed by atoms with E-state index in [-0.39, 0.29) is 18.1 Å². The van der Waals surface area contributed by atoms with Gasteiger partial charge < -0.3 is 14.7 Å². The van der Waals surface area contributed by atoms with Gasteiger partial charge in [0.15, 0.2) is 5.69 Å². The van der Waals surface area contributed by atoms with Crippen LogP contribution in [-0.4, -0.2) is 50.5 Å². The molecule has 1 N–H and O–H groups in total. The quantitative estimate of drug-likeness (QED) is 0.896. The molecule has 0 unspecified atom stereocenters. The molecule has 0 radical (unpaired) electrons. The Kier molecular flexibility index (Phi) is 3.73. The Morgan fingerprint density at radius 1 is 1.29 bits per heavy atom. The third-order valence-electron chi connectivity index (χ3n) is 5.96. The fourth-order valence-electron chi connectivity index (χ4n) is 4.49. The summed E-state index contributed by atoms with van der Waals surface area (Å²) in [4.78, 5) is 14.9. The number of carbonyl (C=O) groups is 1. The molecule has 0 spiro atoms. The summed E-state index contributed by atoms with van der Waals surface area (Å²) >= 11 is 0. The SMILES string of the molecule is C[C@@H]1Cc2c(C(=O)N3CCC(O)(C4CC4)CC3)nn(C)c2[C@H](C)O1. The van der Waals surface area contributed by atoms with Crippen LogP contribution in [0.4, 0.5) is 0 Å². The number of aromatic nitrogens is 2. The van der Waals surface area contributed by atoms with Crippen molar-refractivity contribution in [2.24, 2.45) is 13.0 Å². The summed E-state index contributed by atoms with van der Waals surface area (Å²) in [5, 5.41) is 15.2. The van der Waals surface area contributed by atoms with Crippen LogP contribution in [0.5, 0.6) is 0 Å². The van der Waals surface area contributed by atoms with Crippen LogP contribution in [0.15, 0.2) is 0 Å². The second kappa shape index (κ2) is 5.56. The number of aryl methyl sites for hydroxylation is 1. The first-order valence-electron chi connectivity index (χ1n) is 9.12. The molecule has 1 saturated heterocycles. The Morgan fingerprint density at radius 3 is 2.58 bits per heavy atom. The number of ether oxygens (including phenoxy) is 1. The van der Waals surface area contributed by atoms with Crippen LogP contribution >= 0.6 is 0 Å². The number of amides is 1. The Balaban J connectivity index is 1.54. The smallest absolute Gasteiger partial charge is 0.274 e. The molecular weight excluding hydrogens is 306 g/mol. The lowest BCUT2D eigenvalue weighted by atomic mass is 9.86. The third kappa shape index (κ3) is 2.56. The third-order valence-corrected chi connectivity index (χ3v) is 5.96. The number of piperidine rings is 1. The van der Waals surface area contributed by atoms with Crippen molar-refractivity contribution in [1.82, 2.24) is 14.7 Å². The maximum Gasteiger partial charge on any atom is 0.274 e. The molecule has 1 amide bonds. The van der Waals surface area contributed by atoms with E-state index in [9.17, 15) is 9.90 Å². The van der Waals surface area contributed by atoms with Crippen LogP contribution < -0.4 is 0 Å². The molecule has 0 bridgehead atoms. The highest BCUT2D eigenvalue weighted by Crippen LogP contribution is 2.45. The number of aliphatic hydroxyl groups is 1. The van der Waals surface area contributed by atoms with Crippen molar-refractivity contribution in [2.45, 2.75) is 63.8 Å². The lowest BCUT2D eigenvalue weighted by molar-refractivity contribution is -0.0340. The van der Waals surface area contributed by atoms with E-state index >= 15 is 0 Å². The van der Waals surface area contributed by atoms with Gasteiger partial charge in [-0.1, -0.05) is 0 Å². The predicted octanol–water partition coefficient (Wildman–Crippen LogP) is 1.82. The fraction of sp³-hybridized carbons (Fsp3) is 0.778. The number of likely N-dealkylation sites (tertiary alicyclic amines) is 1. The minimum Gasteiger partial charge on any atom is -0.389 e. The molecule has 1 aromatic rings. The lowest BCUT2D eigenvalue weighted by Crippen LogP contribution is -2.48. The van der Waals surface area contributed by atoms with Crippen LogP contribution in [-0.2, 0) is 18.2 Å². The zero-order valence-corrected chi connectivity index (χ0v) is 14.8. The maximum atomic E-state index is 13.0. The fourth-order valence-corrected chi connectivity index (χ4v) is 4.49. The second-order valence-electron chi connectivity index (χ2n) is 7.80. The highest BCUT2D eigenvalue weighted by atomic mass is 16.5. The number of carbonyl (C=O) groups excluding carboxylic acids is 1. The van der Waals surface area contributed by atoms with Crippen molar-refractivity contribution in [3.8, 4) is 0 Å². The first-order chi connectivity index (χ1) is 11.4. The van der Waals surface area contributed by atoms with Crippen LogP contribution in [0.3, 0.4) is 0 Å². The molecule has 1 aliphatic carbocycles. The van der Waals surface area contributed by atoms with E-state index in [4.69, 9.17) is 4.74 Å². The van der Waals surface area contributed by atoms with Crippen LogP contribution in [0.2, 0.25) is 0 Å². The van der Waals surface area contributed by atoms with Gasteiger partial charge in [0.1, 0.15) is 0 Å². The molecule has 1 aromatic heterocycles. The van der Waals surface area contributed by atoms with Gasteiger partial charge in [-0.2, -0.15) is 5.10 Å². The molecule has 6 nitrogen and oxygen atoms in total. The van der Waals surface area contributed by atoms with Crippen molar-refractivity contribution in [3.63, 3.8) is 0 Å². The summed E-state index contributed by atoms with van der Waals surface area (Å²) in [5.74, 6) is 0.460. The Labute approximate surface area is 142 Å². The average Bonchev–Trinajstić information content (AvgIpc) is 3.33. The second-order valence-corrected chi connectivity index (χ2v) is 7.80. The van der Waals surface area contributed by atoms with Gasteiger partial charge >= 0.3 is 0 Å². The van der Waals surface area contributed by atoms with E-state index in [1.807, 2.05) is 25.8 Å². The van der Waals surface area contributed by atoms with Gasteiger partial charge in [-0.3, -0.25) is 9.48 Å². The molecule has 3 aliphatic rings. The van der Waals surface area contributed by atoms with Crippen molar-refractivity contribution in [1.29, 1.82) is 0 Å². The van der Waals surface area contributed by atoms with Crippen LogP contribution in [0.1, 0.15) is 67.4 Å². The average molecular weight is 333 g/mol. The van der Waals surface area contributed by atoms with Gasteiger partial charge in [-0.05, 0) is 45.4 Å². The topological polar surface area (TPSA) is 67.6 Å². The number of nitrogens with zero attached hydrogens (tertiary/aromatic N) is 3. The Morgan fingerprint density at radius 2 is 1.96 bits per heavy atom. The van der Waals surface area contributed by atoms with Crippen molar-refractivity contribution in [3.05, 3.63) is 17.0 Å². The molecule has 3 heterocycles. The van der Waals surface area contributed by atoms with E-state index in [1.54, 1.807) is 4.68 Å². The van der Waals surface area contributed by atoms with E-state index < -0.39 is 5.60 Å². The molecule has 2 aliphatic heterocycles. The molecule has 2 atom stereocenters. The van der Waals surface area contributed by atoms with Gasteiger partial charge in [-0.15, -0.1) is 0 Å². The van der Waals surface area contributed by atoms with Crippen molar-refractivity contribution < 1.29 is 14.6 Å². The first kappa shape index (κ1) is 16.1. The summed E-state index contributed by atoms with van der Waals surface area (Å²) in [6.07, 6.45) is 4.44. The minimum atomic E-state index is -0.544. The van der Waals surface area contributed by atoms with Gasteiger partial charge in [0.25, 0.3) is 5.91 Å². The number of hydrogen-bond donors (Lipinski definition) is 1. The predicted molar refractivity (Wildman–Crippen MR) is 88.7 cm³/mol. The zero-order chi connectivity index (χ0) is 17.1. The summed E-state index contributed by atoms with van der Waals surface area (Å²) < 4.78 is 7.67. The first-order valence-corrected chi connectivity index (χ1v) is 9.12. The Hall–Kier alpha value is -1.40. The highest BCUT2D eigenvalue weighted by Gasteiger charge is 2.46. The number of rotatable bonds is 2. The summed E-state index contributed by atoms with van der Waals surface area (Å²) in [7, 11) is 1.88. The van der Waals surface area contributed by atoms with Crippen LogP contribution in [0.25, 0.3) is 0 Å². The maximum absolute atomic E-state index is 13.0. The molecule has 2 fully saturated rings. The van der Waals surface area contributed by atoms with E-state index in [0.29, 0.717) is 37.5 Å². The molecule has 4 rings (SSSR count). The molecule has 1 saturated carbocycles. The summed E-state index contributed by atoms with van der Waals surface area (Å²) in [6.45, 7) is 5.30.